The summed E-state index contributed by atoms with van der Waals surface area (Å²) < 4.78 is 0. The number of nitrogens with zero attached hydrogens (tertiary/aromatic N) is 2. The molecule has 3 nitrogen and oxygen atoms in total. The lowest BCUT2D eigenvalue weighted by Gasteiger charge is -2.25. The predicted octanol–water partition coefficient (Wildman–Crippen LogP) is 3.13. The molecule has 21 heavy (non-hydrogen) atoms. The van der Waals surface area contributed by atoms with Gasteiger partial charge >= 0.3 is 0 Å². The minimum atomic E-state index is 0.636. The number of aromatic nitrogens is 2. The van der Waals surface area contributed by atoms with Crippen LogP contribution < -0.4 is 0 Å². The van der Waals surface area contributed by atoms with Crippen molar-refractivity contribution in [2.45, 2.75) is 25.2 Å². The highest BCUT2D eigenvalue weighted by molar-refractivity contribution is 5.31. The molecule has 0 saturated heterocycles. The van der Waals surface area contributed by atoms with Crippen molar-refractivity contribution in [3.8, 4) is 0 Å². The van der Waals surface area contributed by atoms with Crippen LogP contribution in [0.15, 0.2) is 48.9 Å². The Morgan fingerprint density at radius 1 is 1.19 bits per heavy atom. The molecule has 0 spiro atoms. The molecule has 1 aliphatic heterocycles. The van der Waals surface area contributed by atoms with Gasteiger partial charge in [0.1, 0.15) is 0 Å². The molecule has 0 unspecified atom stereocenters. The maximum Gasteiger partial charge on any atom is 0.0925 e. The molecule has 3 heteroatoms. The highest BCUT2D eigenvalue weighted by atomic mass is 15.1. The number of rotatable bonds is 3. The smallest absolute Gasteiger partial charge is 0.0925 e. The Morgan fingerprint density at radius 3 is 2.86 bits per heavy atom. The molecule has 0 radical (unpaired) electrons. The summed E-state index contributed by atoms with van der Waals surface area (Å²) in [6.45, 7) is 6.51. The second kappa shape index (κ2) is 5.06. The van der Waals surface area contributed by atoms with Crippen molar-refractivity contribution >= 4 is 0 Å². The van der Waals surface area contributed by atoms with Crippen molar-refractivity contribution in [3.05, 3.63) is 65.9 Å². The number of hydrogen-bond acceptors (Lipinski definition) is 2. The normalized spacial score (nSPS) is 24.3. The van der Waals surface area contributed by atoms with Crippen LogP contribution in [-0.2, 0) is 12.8 Å². The van der Waals surface area contributed by atoms with Crippen LogP contribution >= 0.6 is 0 Å². The summed E-state index contributed by atoms with van der Waals surface area (Å²) in [5.41, 5.74) is 5.33. The number of nitrogens with one attached hydrogen (secondary N) is 1. The lowest BCUT2D eigenvalue weighted by molar-refractivity contribution is 0.341. The van der Waals surface area contributed by atoms with E-state index in [0.717, 1.165) is 25.9 Å². The molecular formula is C18H21N3. The predicted molar refractivity (Wildman–Crippen MR) is 84.0 cm³/mol. The molecule has 2 atom stereocenters. The van der Waals surface area contributed by atoms with Gasteiger partial charge < -0.3 is 9.88 Å². The molecule has 1 saturated carbocycles. The van der Waals surface area contributed by atoms with E-state index in [2.05, 4.69) is 51.8 Å². The van der Waals surface area contributed by atoms with Gasteiger partial charge in [0, 0.05) is 43.2 Å². The van der Waals surface area contributed by atoms with Gasteiger partial charge in [0.25, 0.3) is 0 Å². The van der Waals surface area contributed by atoms with Gasteiger partial charge in [-0.15, -0.1) is 0 Å². The minimum absolute atomic E-state index is 0.636. The average Bonchev–Trinajstić information content (AvgIpc) is 3.25. The first-order chi connectivity index (χ1) is 10.3. The molecule has 2 aromatic rings. The Labute approximate surface area is 125 Å². The lowest BCUT2D eigenvalue weighted by atomic mass is 10.1. The Balaban J connectivity index is 1.42. The van der Waals surface area contributed by atoms with Gasteiger partial charge in [-0.3, -0.25) is 0 Å². The molecular weight excluding hydrogens is 258 g/mol. The van der Waals surface area contributed by atoms with Crippen LogP contribution in [0.5, 0.6) is 0 Å². The van der Waals surface area contributed by atoms with Crippen molar-refractivity contribution in [3.63, 3.8) is 0 Å². The van der Waals surface area contributed by atoms with E-state index in [1.54, 1.807) is 0 Å². The van der Waals surface area contributed by atoms with Gasteiger partial charge in [-0.05, 0) is 17.9 Å². The molecule has 1 aromatic carbocycles. The number of H-pyrrole nitrogens is 1. The van der Waals surface area contributed by atoms with Crippen molar-refractivity contribution in [2.24, 2.45) is 5.92 Å². The molecule has 2 aliphatic rings. The molecule has 2 heterocycles. The SMILES string of the molecule is C=C([C@H]1C[C@@H]1c1ccccc1)N1CCc2nc[nH]c2CC1. The van der Waals surface area contributed by atoms with E-state index in [1.807, 2.05) is 6.33 Å². The van der Waals surface area contributed by atoms with E-state index >= 15 is 0 Å². The third-order valence-electron chi connectivity index (χ3n) is 4.91. The van der Waals surface area contributed by atoms with Gasteiger partial charge in [0.15, 0.2) is 0 Å². The number of imidazole rings is 1. The van der Waals surface area contributed by atoms with Crippen LogP contribution in [0.3, 0.4) is 0 Å². The van der Waals surface area contributed by atoms with Gasteiger partial charge in [-0.1, -0.05) is 36.9 Å². The fourth-order valence-corrected chi connectivity index (χ4v) is 3.53. The van der Waals surface area contributed by atoms with Crippen LogP contribution in [0.1, 0.15) is 29.3 Å². The van der Waals surface area contributed by atoms with E-state index in [-0.39, 0.29) is 0 Å². The van der Waals surface area contributed by atoms with Crippen molar-refractivity contribution in [1.29, 1.82) is 0 Å². The molecule has 0 bridgehead atoms. The fourth-order valence-electron chi connectivity index (χ4n) is 3.53. The van der Waals surface area contributed by atoms with Crippen LogP contribution in [0.25, 0.3) is 0 Å². The second-order valence-corrected chi connectivity index (χ2v) is 6.17. The Hall–Kier alpha value is -2.03. The molecule has 4 rings (SSSR count). The molecule has 1 aliphatic carbocycles. The standard InChI is InChI=1S/C18H21N3/c1-13(15-11-16(15)14-5-3-2-4-6-14)21-9-7-17-18(8-10-21)20-12-19-17/h2-6,12,15-16H,1,7-11H2,(H,19,20)/t15-,16-/m1/s1. The van der Waals surface area contributed by atoms with Crippen LogP contribution in [0, 0.1) is 5.92 Å². The topological polar surface area (TPSA) is 31.9 Å². The second-order valence-electron chi connectivity index (χ2n) is 6.17. The summed E-state index contributed by atoms with van der Waals surface area (Å²) in [5, 5.41) is 0. The highest BCUT2D eigenvalue weighted by Crippen LogP contribution is 2.52. The molecule has 108 valence electrons. The van der Waals surface area contributed by atoms with Gasteiger partial charge in [-0.2, -0.15) is 0 Å². The summed E-state index contributed by atoms with van der Waals surface area (Å²) >= 11 is 0. The first-order valence-corrected chi connectivity index (χ1v) is 7.83. The molecule has 0 amide bonds. The monoisotopic (exact) mass is 279 g/mol. The zero-order chi connectivity index (χ0) is 14.2. The van der Waals surface area contributed by atoms with Gasteiger partial charge in [0.2, 0.25) is 0 Å². The van der Waals surface area contributed by atoms with Crippen molar-refractivity contribution in [1.82, 2.24) is 14.9 Å². The van der Waals surface area contributed by atoms with Gasteiger partial charge in [0.05, 0.1) is 12.0 Å². The molecule has 1 N–H and O–H groups in total. The summed E-state index contributed by atoms with van der Waals surface area (Å²) in [4.78, 5) is 10.2. The molecule has 1 fully saturated rings. The van der Waals surface area contributed by atoms with Crippen LogP contribution in [0.2, 0.25) is 0 Å². The number of hydrogen-bond donors (Lipinski definition) is 1. The van der Waals surface area contributed by atoms with E-state index < -0.39 is 0 Å². The summed E-state index contributed by atoms with van der Waals surface area (Å²) in [7, 11) is 0. The number of fused-ring (bicyclic) bond motifs is 1. The van der Waals surface area contributed by atoms with Gasteiger partial charge in [-0.25, -0.2) is 4.98 Å². The lowest BCUT2D eigenvalue weighted by Crippen LogP contribution is -2.26. The first-order valence-electron chi connectivity index (χ1n) is 7.83. The fraction of sp³-hybridized carbons (Fsp3) is 0.389. The largest absolute Gasteiger partial charge is 0.374 e. The van der Waals surface area contributed by atoms with E-state index in [4.69, 9.17) is 0 Å². The van der Waals surface area contributed by atoms with Crippen molar-refractivity contribution < 1.29 is 0 Å². The maximum absolute atomic E-state index is 4.42. The third kappa shape index (κ3) is 2.37. The average molecular weight is 279 g/mol. The van der Waals surface area contributed by atoms with E-state index in [1.165, 1.54) is 29.1 Å². The summed E-state index contributed by atoms with van der Waals surface area (Å²) in [5.74, 6) is 1.31. The minimum Gasteiger partial charge on any atom is -0.374 e. The highest BCUT2D eigenvalue weighted by Gasteiger charge is 2.41. The zero-order valence-corrected chi connectivity index (χ0v) is 12.3. The third-order valence-corrected chi connectivity index (χ3v) is 4.91. The Bertz CT molecular complexity index is 621. The molecule has 1 aromatic heterocycles. The number of benzene rings is 1. The van der Waals surface area contributed by atoms with Crippen molar-refractivity contribution in [2.75, 3.05) is 13.1 Å². The Kier molecular flexibility index (Phi) is 3.06. The Morgan fingerprint density at radius 2 is 2.00 bits per heavy atom. The number of allylic oxidation sites excluding steroid dienone is 1. The summed E-state index contributed by atoms with van der Waals surface area (Å²) in [6, 6.07) is 10.9. The van der Waals surface area contributed by atoms with E-state index in [0.29, 0.717) is 11.8 Å². The zero-order valence-electron chi connectivity index (χ0n) is 12.3. The first kappa shape index (κ1) is 12.7. The number of aromatic amines is 1. The maximum atomic E-state index is 4.42. The van der Waals surface area contributed by atoms with Crippen LogP contribution in [-0.4, -0.2) is 28.0 Å². The summed E-state index contributed by atoms with van der Waals surface area (Å²) in [6.07, 6.45) is 5.15. The quantitative estimate of drug-likeness (QED) is 0.936. The van der Waals surface area contributed by atoms with Crippen LogP contribution in [0.4, 0.5) is 0 Å². The van der Waals surface area contributed by atoms with E-state index in [9.17, 15) is 0 Å².